The molecule has 124 valence electrons. The first-order valence-electron chi connectivity index (χ1n) is 6.95. The number of halogens is 3. The lowest BCUT2D eigenvalue weighted by atomic mass is 10.1. The van der Waals surface area contributed by atoms with Crippen LogP contribution >= 0.6 is 0 Å². The average Bonchev–Trinajstić information content (AvgIpc) is 2.35. The number of methoxy groups -OCH3 is 1. The molecule has 1 aliphatic heterocycles. The Morgan fingerprint density at radius 3 is 2.68 bits per heavy atom. The maximum atomic E-state index is 12.9. The van der Waals surface area contributed by atoms with Crippen molar-refractivity contribution in [3.63, 3.8) is 0 Å². The van der Waals surface area contributed by atoms with E-state index in [2.05, 4.69) is 9.97 Å². The van der Waals surface area contributed by atoms with Crippen molar-refractivity contribution < 1.29 is 22.6 Å². The van der Waals surface area contributed by atoms with E-state index in [0.717, 1.165) is 6.07 Å². The highest BCUT2D eigenvalue weighted by Gasteiger charge is 2.37. The molecule has 1 aromatic rings. The molecule has 22 heavy (non-hydrogen) atoms. The normalized spacial score (nSPS) is 22.0. The minimum Gasteiger partial charge on any atom is -0.382 e. The summed E-state index contributed by atoms with van der Waals surface area (Å²) in [4.78, 5) is 9.55. The summed E-state index contributed by atoms with van der Waals surface area (Å²) in [5, 5.41) is 0. The van der Waals surface area contributed by atoms with Gasteiger partial charge in [-0.15, -0.1) is 0 Å². The highest BCUT2D eigenvalue weighted by atomic mass is 19.4. The van der Waals surface area contributed by atoms with Crippen LogP contribution in [-0.2, 0) is 15.7 Å². The van der Waals surface area contributed by atoms with Gasteiger partial charge in [0, 0.05) is 25.9 Å². The molecule has 1 aromatic heterocycles. The molecule has 0 saturated carbocycles. The summed E-state index contributed by atoms with van der Waals surface area (Å²) in [6, 6.07) is 0.946. The molecule has 1 saturated heterocycles. The fraction of sp³-hybridized carbons (Fsp3) is 0.714. The van der Waals surface area contributed by atoms with Gasteiger partial charge in [-0.05, 0) is 26.8 Å². The van der Waals surface area contributed by atoms with Crippen LogP contribution in [0.4, 0.5) is 19.1 Å². The van der Waals surface area contributed by atoms with Crippen LogP contribution in [0.15, 0.2) is 6.07 Å². The van der Waals surface area contributed by atoms with Gasteiger partial charge in [0.25, 0.3) is 0 Å². The Labute approximate surface area is 127 Å². The molecule has 2 rings (SSSR count). The van der Waals surface area contributed by atoms with E-state index in [0.29, 0.717) is 19.7 Å². The average molecular weight is 319 g/mol. The molecule has 0 N–H and O–H groups in total. The topological polar surface area (TPSA) is 47.5 Å². The van der Waals surface area contributed by atoms with Crippen LogP contribution in [0.1, 0.15) is 25.2 Å². The monoisotopic (exact) mass is 319 g/mol. The minimum atomic E-state index is -4.49. The van der Waals surface area contributed by atoms with Gasteiger partial charge >= 0.3 is 6.18 Å². The number of aryl methyl sites for hydroxylation is 1. The zero-order valence-electron chi connectivity index (χ0n) is 13.1. The maximum Gasteiger partial charge on any atom is 0.433 e. The van der Waals surface area contributed by atoms with Gasteiger partial charge in [0.2, 0.25) is 5.95 Å². The van der Waals surface area contributed by atoms with Gasteiger partial charge in [0.15, 0.2) is 0 Å². The summed E-state index contributed by atoms with van der Waals surface area (Å²) in [7, 11) is 1.56. The van der Waals surface area contributed by atoms with Gasteiger partial charge in [-0.25, -0.2) is 9.97 Å². The first-order chi connectivity index (χ1) is 10.1. The molecule has 0 aromatic carbocycles. The van der Waals surface area contributed by atoms with E-state index in [1.54, 1.807) is 12.0 Å². The standard InChI is InChI=1S/C14H20F3N3O2/c1-9-5-11(14(15,16)17)19-12(18-9)20-6-10(7-21-4)22-13(2,3)8-20/h5,10H,6-8H2,1-4H3. The summed E-state index contributed by atoms with van der Waals surface area (Å²) >= 11 is 0. The summed E-state index contributed by atoms with van der Waals surface area (Å²) in [6.07, 6.45) is -4.73. The van der Waals surface area contributed by atoms with E-state index in [1.807, 2.05) is 13.8 Å². The molecule has 1 fully saturated rings. The van der Waals surface area contributed by atoms with Gasteiger partial charge in [-0.3, -0.25) is 0 Å². The Hall–Kier alpha value is -1.41. The number of aromatic nitrogens is 2. The lowest BCUT2D eigenvalue weighted by molar-refractivity contribution is -0.141. The van der Waals surface area contributed by atoms with Crippen molar-refractivity contribution in [2.75, 3.05) is 31.7 Å². The number of rotatable bonds is 3. The summed E-state index contributed by atoms with van der Waals surface area (Å²) in [6.45, 7) is 6.44. The number of morpholine rings is 1. The highest BCUT2D eigenvalue weighted by molar-refractivity contribution is 5.35. The molecule has 1 atom stereocenters. The van der Waals surface area contributed by atoms with Crippen LogP contribution < -0.4 is 4.90 Å². The molecular weight excluding hydrogens is 299 g/mol. The van der Waals surface area contributed by atoms with E-state index in [1.165, 1.54) is 6.92 Å². The Morgan fingerprint density at radius 1 is 1.41 bits per heavy atom. The van der Waals surface area contributed by atoms with Crippen molar-refractivity contribution in [2.24, 2.45) is 0 Å². The highest BCUT2D eigenvalue weighted by Crippen LogP contribution is 2.30. The molecule has 8 heteroatoms. The first-order valence-corrected chi connectivity index (χ1v) is 6.95. The second kappa shape index (κ2) is 6.00. The first kappa shape index (κ1) is 17.0. The fourth-order valence-electron chi connectivity index (χ4n) is 2.56. The lowest BCUT2D eigenvalue weighted by Crippen LogP contribution is -2.54. The minimum absolute atomic E-state index is 0.0739. The zero-order valence-corrected chi connectivity index (χ0v) is 13.1. The Morgan fingerprint density at radius 2 is 2.09 bits per heavy atom. The molecule has 0 aliphatic carbocycles. The zero-order chi connectivity index (χ0) is 16.5. The lowest BCUT2D eigenvalue weighted by Gasteiger charge is -2.42. The fourth-order valence-corrected chi connectivity index (χ4v) is 2.56. The third-order valence-corrected chi connectivity index (χ3v) is 3.25. The van der Waals surface area contributed by atoms with Crippen molar-refractivity contribution >= 4 is 5.95 Å². The molecule has 0 bridgehead atoms. The molecule has 2 heterocycles. The second-order valence-corrected chi connectivity index (χ2v) is 6.03. The van der Waals surface area contributed by atoms with Crippen LogP contribution in [0.3, 0.4) is 0 Å². The third-order valence-electron chi connectivity index (χ3n) is 3.25. The van der Waals surface area contributed by atoms with Crippen LogP contribution in [-0.4, -0.2) is 48.5 Å². The van der Waals surface area contributed by atoms with Gasteiger partial charge in [0.05, 0.1) is 18.3 Å². The Balaban J connectivity index is 2.31. The van der Waals surface area contributed by atoms with E-state index in [4.69, 9.17) is 9.47 Å². The van der Waals surface area contributed by atoms with Crippen LogP contribution in [0.5, 0.6) is 0 Å². The van der Waals surface area contributed by atoms with E-state index >= 15 is 0 Å². The molecule has 0 radical (unpaired) electrons. The molecule has 0 amide bonds. The SMILES string of the molecule is COCC1CN(c2nc(C)cc(C(F)(F)F)n2)CC(C)(C)O1. The Kier molecular flexibility index (Phi) is 4.62. The summed E-state index contributed by atoms with van der Waals surface area (Å²) in [5.74, 6) is 0.0739. The van der Waals surface area contributed by atoms with Gasteiger partial charge in [-0.1, -0.05) is 0 Å². The van der Waals surface area contributed by atoms with Gasteiger partial charge in [-0.2, -0.15) is 13.2 Å². The number of alkyl halides is 3. The summed E-state index contributed by atoms with van der Waals surface area (Å²) in [5.41, 5.74) is -1.17. The quantitative estimate of drug-likeness (QED) is 0.856. The number of nitrogens with zero attached hydrogens (tertiary/aromatic N) is 3. The van der Waals surface area contributed by atoms with E-state index < -0.39 is 17.5 Å². The number of ether oxygens (including phenoxy) is 2. The van der Waals surface area contributed by atoms with Crippen molar-refractivity contribution in [1.29, 1.82) is 0 Å². The van der Waals surface area contributed by atoms with Crippen LogP contribution in [0.2, 0.25) is 0 Å². The largest absolute Gasteiger partial charge is 0.433 e. The smallest absolute Gasteiger partial charge is 0.382 e. The number of hydrogen-bond acceptors (Lipinski definition) is 5. The molecule has 5 nitrogen and oxygen atoms in total. The number of hydrogen-bond donors (Lipinski definition) is 0. The van der Waals surface area contributed by atoms with Crippen LogP contribution in [0.25, 0.3) is 0 Å². The van der Waals surface area contributed by atoms with Crippen molar-refractivity contribution in [2.45, 2.75) is 38.7 Å². The van der Waals surface area contributed by atoms with Gasteiger partial charge in [0.1, 0.15) is 5.69 Å². The van der Waals surface area contributed by atoms with E-state index in [9.17, 15) is 13.2 Å². The summed E-state index contributed by atoms with van der Waals surface area (Å²) < 4.78 is 49.7. The molecule has 1 unspecified atom stereocenters. The molecule has 1 aliphatic rings. The predicted molar refractivity (Wildman–Crippen MR) is 74.8 cm³/mol. The van der Waals surface area contributed by atoms with Crippen molar-refractivity contribution in [1.82, 2.24) is 9.97 Å². The third kappa shape index (κ3) is 4.07. The molecule has 0 spiro atoms. The predicted octanol–water partition coefficient (Wildman–Crippen LogP) is 2.43. The van der Waals surface area contributed by atoms with Crippen LogP contribution in [0, 0.1) is 6.92 Å². The van der Waals surface area contributed by atoms with Crippen molar-refractivity contribution in [3.05, 3.63) is 17.5 Å². The van der Waals surface area contributed by atoms with Crippen molar-refractivity contribution in [3.8, 4) is 0 Å². The van der Waals surface area contributed by atoms with E-state index in [-0.39, 0.29) is 17.7 Å². The second-order valence-electron chi connectivity index (χ2n) is 6.03. The Bertz CT molecular complexity index is 535. The maximum absolute atomic E-state index is 12.9. The molecular formula is C14H20F3N3O2. The number of anilines is 1. The van der Waals surface area contributed by atoms with Gasteiger partial charge < -0.3 is 14.4 Å².